The zero-order valence-corrected chi connectivity index (χ0v) is 19.0. The molecule has 0 saturated carbocycles. The maximum atomic E-state index is 6.06. The highest BCUT2D eigenvalue weighted by molar-refractivity contribution is 6.30. The minimum absolute atomic E-state index is 0.733. The molecule has 0 aliphatic heterocycles. The molecular weight excluding hydrogens is 431 g/mol. The van der Waals surface area contributed by atoms with E-state index in [-0.39, 0.29) is 0 Å². The molecule has 0 amide bonds. The van der Waals surface area contributed by atoms with Gasteiger partial charge >= 0.3 is 0 Å². The van der Waals surface area contributed by atoms with Crippen LogP contribution in [0.15, 0.2) is 121 Å². The van der Waals surface area contributed by atoms with E-state index in [1.54, 1.807) is 0 Å². The second kappa shape index (κ2) is 10.8. The van der Waals surface area contributed by atoms with Gasteiger partial charge in [0, 0.05) is 10.0 Å². The first-order chi connectivity index (χ1) is 15.7. The highest BCUT2D eigenvalue weighted by Crippen LogP contribution is 2.30. The Morgan fingerprint density at radius 1 is 0.438 bits per heavy atom. The number of rotatable bonds is 6. The molecule has 2 heteroatoms. The number of hydrogen-bond acceptors (Lipinski definition) is 0. The van der Waals surface area contributed by atoms with Crippen molar-refractivity contribution in [2.24, 2.45) is 0 Å². The van der Waals surface area contributed by atoms with Gasteiger partial charge in [0.15, 0.2) is 0 Å². The van der Waals surface area contributed by atoms with Gasteiger partial charge in [-0.2, -0.15) is 0 Å². The van der Waals surface area contributed by atoms with Crippen molar-refractivity contribution < 1.29 is 0 Å². The summed E-state index contributed by atoms with van der Waals surface area (Å²) < 4.78 is 0. The van der Waals surface area contributed by atoms with Gasteiger partial charge in [-0.1, -0.05) is 132 Å². The highest BCUT2D eigenvalue weighted by Gasteiger charge is 2.07. The monoisotopic (exact) mass is 452 g/mol. The Bertz CT molecular complexity index is 1130. The average molecular weight is 453 g/mol. The van der Waals surface area contributed by atoms with Gasteiger partial charge in [0.2, 0.25) is 0 Å². The predicted molar refractivity (Wildman–Crippen MR) is 141 cm³/mol. The fourth-order valence-corrected chi connectivity index (χ4v) is 3.68. The SMILES string of the molecule is Clc1ccc(/C=C/C(=C(/C=C/c2ccc(Cl)cc2)c2ccccc2)c2ccccc2)cc1. The van der Waals surface area contributed by atoms with Crippen molar-refractivity contribution >= 4 is 46.5 Å². The van der Waals surface area contributed by atoms with Crippen LogP contribution in [-0.2, 0) is 0 Å². The van der Waals surface area contributed by atoms with Crippen LogP contribution in [0, 0.1) is 0 Å². The third-order valence-electron chi connectivity index (χ3n) is 5.08. The Morgan fingerprint density at radius 2 is 0.781 bits per heavy atom. The van der Waals surface area contributed by atoms with E-state index in [4.69, 9.17) is 23.2 Å². The highest BCUT2D eigenvalue weighted by atomic mass is 35.5. The smallest absolute Gasteiger partial charge is 0.0406 e. The molecule has 0 atom stereocenters. The molecule has 0 spiro atoms. The summed E-state index contributed by atoms with van der Waals surface area (Å²) in [6.45, 7) is 0. The Hall–Kier alpha value is -3.32. The van der Waals surface area contributed by atoms with E-state index >= 15 is 0 Å². The first kappa shape index (κ1) is 21.9. The quantitative estimate of drug-likeness (QED) is 0.202. The topological polar surface area (TPSA) is 0 Å². The molecule has 0 N–H and O–H groups in total. The third-order valence-corrected chi connectivity index (χ3v) is 5.59. The lowest BCUT2D eigenvalue weighted by molar-refractivity contribution is 1.58. The van der Waals surface area contributed by atoms with E-state index in [0.29, 0.717) is 0 Å². The molecule has 4 aromatic rings. The number of benzene rings is 4. The third kappa shape index (κ3) is 5.88. The molecule has 0 aliphatic rings. The molecule has 0 heterocycles. The summed E-state index contributed by atoms with van der Waals surface area (Å²) in [6, 6.07) is 36.6. The fraction of sp³-hybridized carbons (Fsp3) is 0. The Balaban J connectivity index is 1.86. The Kier molecular flexibility index (Phi) is 7.40. The first-order valence-electron chi connectivity index (χ1n) is 10.4. The molecule has 0 nitrogen and oxygen atoms in total. The van der Waals surface area contributed by atoms with Crippen LogP contribution < -0.4 is 0 Å². The zero-order chi connectivity index (χ0) is 22.2. The molecule has 0 fully saturated rings. The lowest BCUT2D eigenvalue weighted by Gasteiger charge is -2.11. The van der Waals surface area contributed by atoms with Crippen molar-refractivity contribution in [3.63, 3.8) is 0 Å². The van der Waals surface area contributed by atoms with Crippen molar-refractivity contribution in [3.8, 4) is 0 Å². The van der Waals surface area contributed by atoms with Gasteiger partial charge < -0.3 is 0 Å². The van der Waals surface area contributed by atoms with E-state index in [1.165, 1.54) is 0 Å². The van der Waals surface area contributed by atoms with Crippen LogP contribution in [0.2, 0.25) is 10.0 Å². The van der Waals surface area contributed by atoms with Gasteiger partial charge in [0.05, 0.1) is 0 Å². The normalized spacial score (nSPS) is 12.3. The second-order valence-electron chi connectivity index (χ2n) is 7.33. The molecule has 156 valence electrons. The maximum absolute atomic E-state index is 6.06. The van der Waals surface area contributed by atoms with Gasteiger partial charge in [-0.3, -0.25) is 0 Å². The number of allylic oxidation sites excluding steroid dienone is 4. The van der Waals surface area contributed by atoms with Crippen molar-refractivity contribution in [1.82, 2.24) is 0 Å². The standard InChI is InChI=1S/C30H22Cl2/c31-27-17-11-23(12-18-27)15-21-29(25-7-3-1-4-8-25)30(26-9-5-2-6-10-26)22-16-24-13-19-28(32)20-14-24/h1-22H/b21-15+,22-16+,30-29+. The summed E-state index contributed by atoms with van der Waals surface area (Å²) in [5, 5.41) is 1.47. The van der Waals surface area contributed by atoms with Gasteiger partial charge in [-0.15, -0.1) is 0 Å². The van der Waals surface area contributed by atoms with Gasteiger partial charge in [0.1, 0.15) is 0 Å². The van der Waals surface area contributed by atoms with Gasteiger partial charge in [-0.25, -0.2) is 0 Å². The number of hydrogen-bond donors (Lipinski definition) is 0. The summed E-state index contributed by atoms with van der Waals surface area (Å²) in [7, 11) is 0. The van der Waals surface area contributed by atoms with Gasteiger partial charge in [-0.05, 0) is 57.7 Å². The van der Waals surface area contributed by atoms with Gasteiger partial charge in [0.25, 0.3) is 0 Å². The number of halogens is 2. The molecule has 0 radical (unpaired) electrons. The summed E-state index contributed by atoms with van der Waals surface area (Å²) in [4.78, 5) is 0. The molecule has 4 aromatic carbocycles. The van der Waals surface area contributed by atoms with Crippen molar-refractivity contribution in [1.29, 1.82) is 0 Å². The van der Waals surface area contributed by atoms with E-state index in [1.807, 2.05) is 60.7 Å². The Labute approximate surface area is 199 Å². The van der Waals surface area contributed by atoms with Crippen molar-refractivity contribution in [3.05, 3.63) is 154 Å². The summed E-state index contributed by atoms with van der Waals surface area (Å²) in [5.41, 5.74) is 6.76. The summed E-state index contributed by atoms with van der Waals surface area (Å²) in [6.07, 6.45) is 8.59. The lowest BCUT2D eigenvalue weighted by atomic mass is 9.93. The van der Waals surface area contributed by atoms with E-state index in [9.17, 15) is 0 Å². The van der Waals surface area contributed by atoms with Crippen molar-refractivity contribution in [2.45, 2.75) is 0 Å². The molecule has 0 bridgehead atoms. The molecule has 0 aromatic heterocycles. The van der Waals surface area contributed by atoms with E-state index in [0.717, 1.165) is 43.4 Å². The maximum Gasteiger partial charge on any atom is 0.0406 e. The molecule has 0 unspecified atom stereocenters. The fourth-order valence-electron chi connectivity index (χ4n) is 3.43. The second-order valence-corrected chi connectivity index (χ2v) is 8.20. The molecule has 0 saturated heterocycles. The molecular formula is C30H22Cl2. The molecule has 0 aliphatic carbocycles. The van der Waals surface area contributed by atoms with E-state index in [2.05, 4.69) is 72.8 Å². The van der Waals surface area contributed by atoms with Crippen LogP contribution in [0.3, 0.4) is 0 Å². The molecule has 4 rings (SSSR count). The Morgan fingerprint density at radius 3 is 1.12 bits per heavy atom. The van der Waals surface area contributed by atoms with Crippen molar-refractivity contribution in [2.75, 3.05) is 0 Å². The zero-order valence-electron chi connectivity index (χ0n) is 17.5. The van der Waals surface area contributed by atoms with Crippen LogP contribution in [0.5, 0.6) is 0 Å². The van der Waals surface area contributed by atoms with Crippen LogP contribution in [0.25, 0.3) is 23.3 Å². The van der Waals surface area contributed by atoms with Crippen LogP contribution >= 0.6 is 23.2 Å². The van der Waals surface area contributed by atoms with Crippen LogP contribution in [0.1, 0.15) is 22.3 Å². The van der Waals surface area contributed by atoms with Crippen LogP contribution in [-0.4, -0.2) is 0 Å². The predicted octanol–water partition coefficient (Wildman–Crippen LogP) is 9.33. The minimum Gasteiger partial charge on any atom is -0.0843 e. The lowest BCUT2D eigenvalue weighted by Crippen LogP contribution is -1.89. The molecule has 32 heavy (non-hydrogen) atoms. The first-order valence-corrected chi connectivity index (χ1v) is 11.2. The average Bonchev–Trinajstić information content (AvgIpc) is 2.84. The van der Waals surface area contributed by atoms with Crippen LogP contribution in [0.4, 0.5) is 0 Å². The summed E-state index contributed by atoms with van der Waals surface area (Å²) >= 11 is 12.1. The van der Waals surface area contributed by atoms with E-state index < -0.39 is 0 Å². The summed E-state index contributed by atoms with van der Waals surface area (Å²) in [5.74, 6) is 0. The minimum atomic E-state index is 0.733. The largest absolute Gasteiger partial charge is 0.0843 e.